The minimum atomic E-state index is -0.495. The van der Waals surface area contributed by atoms with Gasteiger partial charge in [0.25, 0.3) is 0 Å². The number of aliphatic hydroxyl groups is 1. The van der Waals surface area contributed by atoms with Crippen molar-refractivity contribution in [1.29, 1.82) is 0 Å². The Balaban J connectivity index is 1.46. The SMILES string of the molecule is Cc1ccc(OCC(O)CN2CCN(c3cc(Cl)ccc3C)CC2)c(C)c1. The monoisotopic (exact) mass is 388 g/mol. The first-order chi connectivity index (χ1) is 12.9. The number of aryl methyl sites for hydroxylation is 3. The molecule has 1 N–H and O–H groups in total. The maximum Gasteiger partial charge on any atom is 0.122 e. The van der Waals surface area contributed by atoms with E-state index in [0.717, 1.165) is 42.5 Å². The highest BCUT2D eigenvalue weighted by atomic mass is 35.5. The van der Waals surface area contributed by atoms with Gasteiger partial charge in [0.1, 0.15) is 18.5 Å². The first kappa shape index (κ1) is 20.0. The zero-order chi connectivity index (χ0) is 19.4. The summed E-state index contributed by atoms with van der Waals surface area (Å²) >= 11 is 6.15. The lowest BCUT2D eigenvalue weighted by atomic mass is 10.1. The van der Waals surface area contributed by atoms with Gasteiger partial charge >= 0.3 is 0 Å². The molecule has 2 aromatic carbocycles. The van der Waals surface area contributed by atoms with Gasteiger partial charge in [-0.1, -0.05) is 35.4 Å². The summed E-state index contributed by atoms with van der Waals surface area (Å²) in [6, 6.07) is 12.1. The van der Waals surface area contributed by atoms with Crippen LogP contribution in [0.3, 0.4) is 0 Å². The largest absolute Gasteiger partial charge is 0.491 e. The summed E-state index contributed by atoms with van der Waals surface area (Å²) in [7, 11) is 0. The second-order valence-corrected chi connectivity index (χ2v) is 7.89. The third-order valence-electron chi connectivity index (χ3n) is 5.11. The molecular formula is C22H29ClN2O2. The number of benzene rings is 2. The van der Waals surface area contributed by atoms with Gasteiger partial charge in [0.2, 0.25) is 0 Å². The minimum Gasteiger partial charge on any atom is -0.491 e. The molecule has 1 unspecified atom stereocenters. The third-order valence-corrected chi connectivity index (χ3v) is 5.35. The average molecular weight is 389 g/mol. The number of piperazine rings is 1. The van der Waals surface area contributed by atoms with Crippen LogP contribution in [0.2, 0.25) is 5.02 Å². The van der Waals surface area contributed by atoms with Gasteiger partial charge in [-0.25, -0.2) is 0 Å². The Hall–Kier alpha value is -1.75. The number of rotatable bonds is 6. The van der Waals surface area contributed by atoms with Gasteiger partial charge in [-0.2, -0.15) is 0 Å². The molecule has 146 valence electrons. The van der Waals surface area contributed by atoms with E-state index in [2.05, 4.69) is 35.8 Å². The van der Waals surface area contributed by atoms with Crippen molar-refractivity contribution < 1.29 is 9.84 Å². The second kappa shape index (κ2) is 8.96. The molecule has 1 aliphatic heterocycles. The number of hydrogen-bond acceptors (Lipinski definition) is 4. The van der Waals surface area contributed by atoms with E-state index in [1.165, 1.54) is 16.8 Å². The predicted octanol–water partition coefficient (Wildman–Crippen LogP) is 3.83. The number of β-amino-alcohol motifs (C(OH)–C–C–N with tert-alkyl or cyclic N) is 1. The number of nitrogens with zero attached hydrogens (tertiary/aromatic N) is 2. The van der Waals surface area contributed by atoms with Gasteiger partial charge in [0, 0.05) is 43.4 Å². The third kappa shape index (κ3) is 5.38. The van der Waals surface area contributed by atoms with Crippen LogP contribution in [0.5, 0.6) is 5.75 Å². The van der Waals surface area contributed by atoms with E-state index in [1.54, 1.807) is 0 Å². The van der Waals surface area contributed by atoms with E-state index < -0.39 is 6.10 Å². The Morgan fingerprint density at radius 2 is 1.74 bits per heavy atom. The van der Waals surface area contributed by atoms with Crippen molar-refractivity contribution in [3.05, 3.63) is 58.1 Å². The number of anilines is 1. The number of ether oxygens (including phenoxy) is 1. The molecule has 0 bridgehead atoms. The van der Waals surface area contributed by atoms with Crippen molar-refractivity contribution in [2.75, 3.05) is 44.2 Å². The molecule has 3 rings (SSSR count). The molecule has 1 saturated heterocycles. The van der Waals surface area contributed by atoms with Gasteiger partial charge in [0.05, 0.1) is 0 Å². The topological polar surface area (TPSA) is 35.9 Å². The molecule has 0 radical (unpaired) electrons. The lowest BCUT2D eigenvalue weighted by molar-refractivity contribution is 0.0661. The highest BCUT2D eigenvalue weighted by Gasteiger charge is 2.21. The molecule has 0 spiro atoms. The molecular weight excluding hydrogens is 360 g/mol. The zero-order valence-electron chi connectivity index (χ0n) is 16.4. The first-order valence-electron chi connectivity index (χ1n) is 9.54. The Morgan fingerprint density at radius 3 is 2.44 bits per heavy atom. The Labute approximate surface area is 167 Å². The van der Waals surface area contributed by atoms with Crippen LogP contribution in [0.25, 0.3) is 0 Å². The summed E-state index contributed by atoms with van der Waals surface area (Å²) in [4.78, 5) is 4.67. The molecule has 1 fully saturated rings. The fourth-order valence-corrected chi connectivity index (χ4v) is 3.76. The molecule has 4 nitrogen and oxygen atoms in total. The fourth-order valence-electron chi connectivity index (χ4n) is 3.59. The molecule has 2 aromatic rings. The van der Waals surface area contributed by atoms with Crippen LogP contribution in [0.4, 0.5) is 5.69 Å². The van der Waals surface area contributed by atoms with Gasteiger partial charge in [-0.05, 0) is 50.1 Å². The van der Waals surface area contributed by atoms with Crippen LogP contribution in [-0.4, -0.2) is 55.4 Å². The molecule has 1 heterocycles. The Morgan fingerprint density at radius 1 is 1.00 bits per heavy atom. The number of halogens is 1. The van der Waals surface area contributed by atoms with Crippen molar-refractivity contribution in [2.24, 2.45) is 0 Å². The number of aliphatic hydroxyl groups excluding tert-OH is 1. The molecule has 0 amide bonds. The molecule has 0 aliphatic carbocycles. The summed E-state index contributed by atoms with van der Waals surface area (Å²) in [5.74, 6) is 0.848. The quantitative estimate of drug-likeness (QED) is 0.815. The van der Waals surface area contributed by atoms with Gasteiger partial charge < -0.3 is 14.7 Å². The van der Waals surface area contributed by atoms with Gasteiger partial charge in [-0.3, -0.25) is 4.90 Å². The van der Waals surface area contributed by atoms with Crippen LogP contribution in [0, 0.1) is 20.8 Å². The molecule has 1 aliphatic rings. The van der Waals surface area contributed by atoms with Crippen molar-refractivity contribution in [2.45, 2.75) is 26.9 Å². The minimum absolute atomic E-state index is 0.317. The lowest BCUT2D eigenvalue weighted by Gasteiger charge is -2.37. The van der Waals surface area contributed by atoms with Crippen molar-refractivity contribution >= 4 is 17.3 Å². The van der Waals surface area contributed by atoms with Crippen molar-refractivity contribution in [3.63, 3.8) is 0 Å². The standard InChI is InChI=1S/C22H29ClN2O2/c1-16-4-7-22(18(3)12-16)27-15-20(26)14-24-8-10-25(11-9-24)21-13-19(23)6-5-17(21)2/h4-7,12-13,20,26H,8-11,14-15H2,1-3H3. The Bertz CT molecular complexity index is 773. The second-order valence-electron chi connectivity index (χ2n) is 7.45. The van der Waals surface area contributed by atoms with Crippen LogP contribution in [0.15, 0.2) is 36.4 Å². The summed E-state index contributed by atoms with van der Waals surface area (Å²) in [6.07, 6.45) is -0.495. The van der Waals surface area contributed by atoms with Crippen molar-refractivity contribution in [1.82, 2.24) is 4.90 Å². The Kier molecular flexibility index (Phi) is 6.64. The molecule has 1 atom stereocenters. The van der Waals surface area contributed by atoms with E-state index in [4.69, 9.17) is 16.3 Å². The van der Waals surface area contributed by atoms with Crippen LogP contribution in [-0.2, 0) is 0 Å². The summed E-state index contributed by atoms with van der Waals surface area (Å²) in [5.41, 5.74) is 4.77. The predicted molar refractivity (Wildman–Crippen MR) is 112 cm³/mol. The van der Waals surface area contributed by atoms with E-state index in [-0.39, 0.29) is 0 Å². The van der Waals surface area contributed by atoms with Crippen LogP contribution in [0.1, 0.15) is 16.7 Å². The molecule has 0 saturated carbocycles. The van der Waals surface area contributed by atoms with E-state index in [1.807, 2.05) is 31.2 Å². The van der Waals surface area contributed by atoms with E-state index >= 15 is 0 Å². The van der Waals surface area contributed by atoms with Crippen molar-refractivity contribution in [3.8, 4) is 5.75 Å². The summed E-state index contributed by atoms with van der Waals surface area (Å²) in [5, 5.41) is 11.1. The van der Waals surface area contributed by atoms with Crippen LogP contribution < -0.4 is 9.64 Å². The average Bonchev–Trinajstić information content (AvgIpc) is 2.64. The molecule has 5 heteroatoms. The summed E-state index contributed by atoms with van der Waals surface area (Å²) in [6.45, 7) is 10.9. The number of hydrogen-bond donors (Lipinski definition) is 1. The fraction of sp³-hybridized carbons (Fsp3) is 0.455. The highest BCUT2D eigenvalue weighted by Crippen LogP contribution is 2.25. The van der Waals surface area contributed by atoms with E-state index in [0.29, 0.717) is 13.2 Å². The summed E-state index contributed by atoms with van der Waals surface area (Å²) < 4.78 is 5.81. The van der Waals surface area contributed by atoms with Gasteiger partial charge in [-0.15, -0.1) is 0 Å². The normalized spacial score (nSPS) is 16.4. The van der Waals surface area contributed by atoms with E-state index in [9.17, 15) is 5.11 Å². The first-order valence-corrected chi connectivity index (χ1v) is 9.92. The highest BCUT2D eigenvalue weighted by molar-refractivity contribution is 6.30. The lowest BCUT2D eigenvalue weighted by Crippen LogP contribution is -2.49. The smallest absolute Gasteiger partial charge is 0.122 e. The zero-order valence-corrected chi connectivity index (χ0v) is 17.2. The van der Waals surface area contributed by atoms with Gasteiger partial charge in [0.15, 0.2) is 0 Å². The molecule has 0 aromatic heterocycles. The maximum absolute atomic E-state index is 10.4. The van der Waals surface area contributed by atoms with Crippen LogP contribution >= 0.6 is 11.6 Å². The maximum atomic E-state index is 10.4. The molecule has 27 heavy (non-hydrogen) atoms.